The van der Waals surface area contributed by atoms with Gasteiger partial charge in [0.05, 0.1) is 11.3 Å². The monoisotopic (exact) mass is 321 g/mol. The van der Waals surface area contributed by atoms with Crippen molar-refractivity contribution in [3.8, 4) is 0 Å². The lowest BCUT2D eigenvalue weighted by atomic mass is 10.0. The largest absolute Gasteiger partial charge is 0.478 e. The van der Waals surface area contributed by atoms with E-state index in [2.05, 4.69) is 10.3 Å². The summed E-state index contributed by atoms with van der Waals surface area (Å²) in [5, 5.41) is 24.3. The summed E-state index contributed by atoms with van der Waals surface area (Å²) in [4.78, 5) is 14.8. The lowest BCUT2D eigenvalue weighted by molar-refractivity contribution is 0.0697. The number of carbonyl (C=O) groups is 1. The number of aliphatic hydroxyl groups excluding tert-OH is 1. The van der Waals surface area contributed by atoms with Crippen molar-refractivity contribution in [2.24, 2.45) is 0 Å². The molecule has 0 aliphatic rings. The number of aromatic nitrogens is 1. The molecule has 0 saturated heterocycles. The first-order chi connectivity index (χ1) is 10.5. The zero-order valence-corrected chi connectivity index (χ0v) is 13.0. The van der Waals surface area contributed by atoms with E-state index in [-0.39, 0.29) is 11.6 Å². The Bertz CT molecular complexity index is 627. The highest BCUT2D eigenvalue weighted by atomic mass is 32.1. The number of nitrogens with one attached hydrogen (secondary N) is 1. The molecule has 0 bridgehead atoms. The Hall–Kier alpha value is -1.96. The Morgan fingerprint density at radius 3 is 2.64 bits per heavy atom. The van der Waals surface area contributed by atoms with Crippen molar-refractivity contribution >= 4 is 22.4 Å². The summed E-state index contributed by atoms with van der Waals surface area (Å²) < 4.78 is 0. The van der Waals surface area contributed by atoms with Crippen LogP contribution in [0.2, 0.25) is 0 Å². The molecule has 0 amide bonds. The molecule has 0 spiro atoms. The van der Waals surface area contributed by atoms with Gasteiger partial charge in [-0.15, -0.1) is 11.3 Å². The van der Waals surface area contributed by atoms with Crippen molar-refractivity contribution in [2.45, 2.75) is 25.5 Å². The maximum absolute atomic E-state index is 10.8. The van der Waals surface area contributed by atoms with E-state index in [1.165, 1.54) is 11.3 Å². The van der Waals surface area contributed by atoms with Gasteiger partial charge in [0, 0.05) is 18.0 Å². The van der Waals surface area contributed by atoms with Crippen LogP contribution >= 0.6 is 11.3 Å². The molecule has 0 saturated carbocycles. The Kier molecular flexibility index (Phi) is 5.48. The van der Waals surface area contributed by atoms with E-state index in [0.717, 1.165) is 12.0 Å². The lowest BCUT2D eigenvalue weighted by Crippen LogP contribution is -2.32. The van der Waals surface area contributed by atoms with E-state index >= 15 is 0 Å². The molecule has 2 unspecified atom stereocenters. The summed E-state index contributed by atoms with van der Waals surface area (Å²) >= 11 is 1.30. The average Bonchev–Trinajstić information content (AvgIpc) is 2.92. The highest BCUT2D eigenvalue weighted by Gasteiger charge is 2.13. The quantitative estimate of drug-likeness (QED) is 0.618. The molecule has 5 N–H and O–H groups in total. The molecule has 1 aromatic carbocycles. The highest BCUT2D eigenvalue weighted by Crippen LogP contribution is 2.17. The molecule has 0 radical (unpaired) electrons. The number of carboxylic acid groups (broad SMARTS) is 1. The van der Waals surface area contributed by atoms with Gasteiger partial charge < -0.3 is 21.3 Å². The third-order valence-electron chi connectivity index (χ3n) is 3.28. The number of nitrogen functional groups attached to an aromatic ring is 1. The summed E-state index contributed by atoms with van der Waals surface area (Å²) in [6.07, 6.45) is 0.0524. The molecule has 118 valence electrons. The minimum absolute atomic E-state index is 0.140. The SMILES string of the molecule is CC(Cc1ccc(C(=O)O)cc1)NCC(O)c1csc(N)n1. The van der Waals surface area contributed by atoms with Crippen LogP contribution in [0.5, 0.6) is 0 Å². The van der Waals surface area contributed by atoms with Crippen molar-refractivity contribution in [3.63, 3.8) is 0 Å². The minimum Gasteiger partial charge on any atom is -0.478 e. The number of aliphatic hydroxyl groups is 1. The molecular formula is C15H19N3O3S. The first-order valence-corrected chi connectivity index (χ1v) is 7.78. The first-order valence-electron chi connectivity index (χ1n) is 6.90. The second-order valence-electron chi connectivity index (χ2n) is 5.14. The predicted octanol–water partition coefficient (Wildman–Crippen LogP) is 1.68. The number of benzene rings is 1. The van der Waals surface area contributed by atoms with Gasteiger partial charge in [0.1, 0.15) is 6.10 Å². The molecule has 2 aromatic rings. The van der Waals surface area contributed by atoms with Crippen LogP contribution in [0.25, 0.3) is 0 Å². The zero-order chi connectivity index (χ0) is 16.1. The molecule has 0 aliphatic carbocycles. The third kappa shape index (κ3) is 4.52. The van der Waals surface area contributed by atoms with Gasteiger partial charge >= 0.3 is 5.97 Å². The maximum atomic E-state index is 10.8. The van der Waals surface area contributed by atoms with E-state index in [4.69, 9.17) is 10.8 Å². The first kappa shape index (κ1) is 16.4. The Morgan fingerprint density at radius 1 is 1.41 bits per heavy atom. The van der Waals surface area contributed by atoms with E-state index in [9.17, 15) is 9.90 Å². The van der Waals surface area contributed by atoms with E-state index in [1.807, 2.05) is 6.92 Å². The second-order valence-corrected chi connectivity index (χ2v) is 6.03. The van der Waals surface area contributed by atoms with Crippen LogP contribution < -0.4 is 11.1 Å². The number of hydrogen-bond acceptors (Lipinski definition) is 6. The van der Waals surface area contributed by atoms with Crippen molar-refractivity contribution < 1.29 is 15.0 Å². The van der Waals surface area contributed by atoms with E-state index in [1.54, 1.807) is 29.6 Å². The van der Waals surface area contributed by atoms with Crippen LogP contribution in [0, 0.1) is 0 Å². The molecule has 1 aromatic heterocycles. The number of hydrogen-bond donors (Lipinski definition) is 4. The van der Waals surface area contributed by atoms with E-state index < -0.39 is 12.1 Å². The molecule has 1 heterocycles. The van der Waals surface area contributed by atoms with Gasteiger partial charge in [-0.05, 0) is 31.0 Å². The Labute approximate surface area is 132 Å². The van der Waals surface area contributed by atoms with Gasteiger partial charge in [-0.1, -0.05) is 12.1 Å². The number of anilines is 1. The summed E-state index contributed by atoms with van der Waals surface area (Å²) in [6.45, 7) is 2.39. The normalized spacial score (nSPS) is 13.7. The highest BCUT2D eigenvalue weighted by molar-refractivity contribution is 7.13. The molecule has 22 heavy (non-hydrogen) atoms. The van der Waals surface area contributed by atoms with Gasteiger partial charge in [0.25, 0.3) is 0 Å². The topological polar surface area (TPSA) is 108 Å². The van der Waals surface area contributed by atoms with E-state index in [0.29, 0.717) is 17.4 Å². The van der Waals surface area contributed by atoms with Crippen LogP contribution in [0.1, 0.15) is 34.6 Å². The smallest absolute Gasteiger partial charge is 0.335 e. The van der Waals surface area contributed by atoms with Crippen molar-refractivity contribution in [1.82, 2.24) is 10.3 Å². The summed E-state index contributed by atoms with van der Waals surface area (Å²) in [7, 11) is 0. The van der Waals surface area contributed by atoms with Crippen molar-refractivity contribution in [3.05, 3.63) is 46.5 Å². The fourth-order valence-corrected chi connectivity index (χ4v) is 2.69. The number of nitrogens with zero attached hydrogens (tertiary/aromatic N) is 1. The second kappa shape index (κ2) is 7.35. The number of aromatic carboxylic acids is 1. The number of thiazole rings is 1. The third-order valence-corrected chi connectivity index (χ3v) is 3.98. The van der Waals surface area contributed by atoms with Crippen LogP contribution in [0.3, 0.4) is 0 Å². The molecule has 6 nitrogen and oxygen atoms in total. The van der Waals surface area contributed by atoms with Gasteiger partial charge in [-0.2, -0.15) is 0 Å². The van der Waals surface area contributed by atoms with Crippen molar-refractivity contribution in [1.29, 1.82) is 0 Å². The average molecular weight is 321 g/mol. The molecule has 7 heteroatoms. The Balaban J connectivity index is 1.82. The summed E-state index contributed by atoms with van der Waals surface area (Å²) in [6, 6.07) is 6.94. The van der Waals surface area contributed by atoms with Crippen LogP contribution in [0.15, 0.2) is 29.6 Å². The maximum Gasteiger partial charge on any atom is 0.335 e. The molecule has 0 fully saturated rings. The fourth-order valence-electron chi connectivity index (χ4n) is 2.08. The number of rotatable bonds is 7. The summed E-state index contributed by atoms with van der Waals surface area (Å²) in [5.41, 5.74) is 7.44. The Morgan fingerprint density at radius 2 is 2.09 bits per heavy atom. The molecule has 2 rings (SSSR count). The predicted molar refractivity (Wildman–Crippen MR) is 86.1 cm³/mol. The molecule has 0 aliphatic heterocycles. The van der Waals surface area contributed by atoms with Gasteiger partial charge in [0.15, 0.2) is 5.13 Å². The van der Waals surface area contributed by atoms with Gasteiger partial charge in [-0.25, -0.2) is 9.78 Å². The summed E-state index contributed by atoms with van der Waals surface area (Å²) in [5.74, 6) is -0.927. The van der Waals surface area contributed by atoms with Gasteiger partial charge in [0.2, 0.25) is 0 Å². The standard InChI is InChI=1S/C15H19N3O3S/c1-9(6-10-2-4-11(5-3-10)14(20)21)17-7-13(19)12-8-22-15(16)18-12/h2-5,8-9,13,17,19H,6-7H2,1H3,(H2,16,18)(H,20,21). The molecular weight excluding hydrogens is 302 g/mol. The van der Waals surface area contributed by atoms with Crippen LogP contribution in [0.4, 0.5) is 5.13 Å². The van der Waals surface area contributed by atoms with Gasteiger partial charge in [-0.3, -0.25) is 0 Å². The minimum atomic E-state index is -0.927. The molecule has 2 atom stereocenters. The zero-order valence-electron chi connectivity index (χ0n) is 12.2. The van der Waals surface area contributed by atoms with Crippen molar-refractivity contribution in [2.75, 3.05) is 12.3 Å². The van der Waals surface area contributed by atoms with Crippen LogP contribution in [-0.4, -0.2) is 33.8 Å². The van der Waals surface area contributed by atoms with Crippen LogP contribution in [-0.2, 0) is 6.42 Å². The lowest BCUT2D eigenvalue weighted by Gasteiger charge is -2.16. The number of carboxylic acids is 1. The number of nitrogens with two attached hydrogens (primary N) is 1. The fraction of sp³-hybridized carbons (Fsp3) is 0.333.